The van der Waals surface area contributed by atoms with Crippen molar-refractivity contribution >= 4 is 5.57 Å². The minimum absolute atomic E-state index is 0.0649. The number of hydrogen-bond donors (Lipinski definition) is 0. The highest BCUT2D eigenvalue weighted by Gasteiger charge is 2.19. The van der Waals surface area contributed by atoms with E-state index in [1.165, 1.54) is 11.1 Å². The summed E-state index contributed by atoms with van der Waals surface area (Å²) in [4.78, 5) is 0. The Morgan fingerprint density at radius 3 is 2.44 bits per heavy atom. The van der Waals surface area contributed by atoms with Crippen molar-refractivity contribution in [2.45, 2.75) is 12.5 Å². The molecule has 18 heavy (non-hydrogen) atoms. The zero-order chi connectivity index (χ0) is 12.4. The fourth-order valence-electron chi connectivity index (χ4n) is 2.28. The second-order valence-electron chi connectivity index (χ2n) is 4.39. The van der Waals surface area contributed by atoms with Crippen molar-refractivity contribution in [2.75, 3.05) is 0 Å². The molecule has 3 rings (SSSR count). The van der Waals surface area contributed by atoms with Crippen molar-refractivity contribution in [1.82, 2.24) is 0 Å². The monoisotopic (exact) mass is 235 g/mol. The molecule has 1 unspecified atom stereocenters. The number of para-hydroxylation sites is 1. The lowest BCUT2D eigenvalue weighted by Crippen LogP contribution is -2.18. The van der Waals surface area contributed by atoms with Crippen LogP contribution in [0.15, 0.2) is 60.7 Å². The van der Waals surface area contributed by atoms with Crippen LogP contribution in [-0.2, 0) is 0 Å². The molecule has 2 aromatic rings. The van der Waals surface area contributed by atoms with Gasteiger partial charge in [0.25, 0.3) is 0 Å². The first-order valence-corrected chi connectivity index (χ1v) is 6.21. The second kappa shape index (κ2) is 4.69. The lowest BCUT2D eigenvalue weighted by Gasteiger charge is -2.25. The fourth-order valence-corrected chi connectivity index (χ4v) is 2.28. The molecule has 0 amide bonds. The maximum absolute atomic E-state index is 5.89. The highest BCUT2D eigenvalue weighted by molar-refractivity contribution is 5.84. The Balaban J connectivity index is 2.13. The third-order valence-electron chi connectivity index (χ3n) is 3.18. The summed E-state index contributed by atoms with van der Waals surface area (Å²) in [6, 6.07) is 18.6. The van der Waals surface area contributed by atoms with Crippen LogP contribution in [0.4, 0.5) is 0 Å². The maximum Gasteiger partial charge on any atom is 0.128 e. The minimum Gasteiger partial charge on any atom is -0.486 e. The van der Waals surface area contributed by atoms with Crippen LogP contribution in [0.25, 0.3) is 5.57 Å². The predicted octanol–water partition coefficient (Wildman–Crippen LogP) is 4.10. The van der Waals surface area contributed by atoms with Crippen molar-refractivity contribution in [3.8, 4) is 5.75 Å². The van der Waals surface area contributed by atoms with Crippen LogP contribution in [0.5, 0.6) is 5.75 Å². The molecule has 0 bridgehead atoms. The van der Waals surface area contributed by atoms with Gasteiger partial charge in [-0.15, -0.1) is 0 Å². The minimum atomic E-state index is 0.0649. The van der Waals surface area contributed by atoms with Gasteiger partial charge in [-0.1, -0.05) is 48.5 Å². The Morgan fingerprint density at radius 2 is 1.67 bits per heavy atom. The topological polar surface area (TPSA) is 9.23 Å². The summed E-state index contributed by atoms with van der Waals surface area (Å²) in [5.41, 5.74) is 3.63. The third kappa shape index (κ3) is 1.92. The van der Waals surface area contributed by atoms with Gasteiger partial charge in [0, 0.05) is 5.56 Å². The molecule has 1 radical (unpaired) electrons. The highest BCUT2D eigenvalue weighted by Crippen LogP contribution is 2.36. The number of fused-ring (bicyclic) bond motifs is 1. The van der Waals surface area contributed by atoms with Gasteiger partial charge in [0.15, 0.2) is 0 Å². The van der Waals surface area contributed by atoms with E-state index in [4.69, 9.17) is 4.74 Å². The lowest BCUT2D eigenvalue weighted by atomic mass is 9.93. The molecule has 0 saturated carbocycles. The molecule has 0 spiro atoms. The van der Waals surface area contributed by atoms with Crippen LogP contribution in [0.1, 0.15) is 17.5 Å². The summed E-state index contributed by atoms with van der Waals surface area (Å²) in [6.45, 7) is 3.94. The van der Waals surface area contributed by atoms with Crippen molar-refractivity contribution in [1.29, 1.82) is 0 Å². The van der Waals surface area contributed by atoms with Gasteiger partial charge >= 0.3 is 0 Å². The summed E-state index contributed by atoms with van der Waals surface area (Å²) in [5.74, 6) is 0.951. The van der Waals surface area contributed by atoms with Gasteiger partial charge < -0.3 is 4.74 Å². The van der Waals surface area contributed by atoms with Crippen molar-refractivity contribution in [2.24, 2.45) is 0 Å². The van der Waals surface area contributed by atoms with Crippen LogP contribution in [0.2, 0.25) is 0 Å². The van der Waals surface area contributed by atoms with Crippen LogP contribution >= 0.6 is 0 Å². The first kappa shape index (κ1) is 11.1. The molecule has 1 atom stereocenters. The standard InChI is InChI=1S/C17H15O/c1-2-14-12-16(13-8-4-3-5-9-13)15-10-6-7-11-17(15)18-14/h3-12,14H,1-2H2. The van der Waals surface area contributed by atoms with Crippen LogP contribution < -0.4 is 4.74 Å². The van der Waals surface area contributed by atoms with Crippen molar-refractivity contribution in [3.05, 3.63) is 78.7 Å². The molecular formula is C17H15O. The molecule has 89 valence electrons. The Bertz CT molecular complexity index is 569. The first-order chi connectivity index (χ1) is 8.88. The summed E-state index contributed by atoms with van der Waals surface area (Å²) in [5, 5.41) is 0. The van der Waals surface area contributed by atoms with Gasteiger partial charge in [0.1, 0.15) is 11.9 Å². The van der Waals surface area contributed by atoms with Crippen LogP contribution in [0.3, 0.4) is 0 Å². The smallest absolute Gasteiger partial charge is 0.128 e. The van der Waals surface area contributed by atoms with E-state index >= 15 is 0 Å². The molecular weight excluding hydrogens is 220 g/mol. The number of ether oxygens (including phenoxy) is 1. The SMILES string of the molecule is [CH2]CC1C=C(c2ccccc2)c2ccccc2O1. The van der Waals surface area contributed by atoms with E-state index in [9.17, 15) is 0 Å². The van der Waals surface area contributed by atoms with E-state index in [-0.39, 0.29) is 6.10 Å². The average Bonchev–Trinajstić information content (AvgIpc) is 2.47. The number of rotatable bonds is 2. The molecule has 0 fully saturated rings. The zero-order valence-corrected chi connectivity index (χ0v) is 10.2. The summed E-state index contributed by atoms with van der Waals surface area (Å²) < 4.78 is 5.89. The van der Waals surface area contributed by atoms with Crippen molar-refractivity contribution < 1.29 is 4.74 Å². The summed E-state index contributed by atoms with van der Waals surface area (Å²) >= 11 is 0. The lowest BCUT2D eigenvalue weighted by molar-refractivity contribution is 0.248. The fraction of sp³-hybridized carbons (Fsp3) is 0.118. The number of benzene rings is 2. The maximum atomic E-state index is 5.89. The molecule has 0 aliphatic carbocycles. The third-order valence-corrected chi connectivity index (χ3v) is 3.18. The molecule has 1 heterocycles. The van der Waals surface area contributed by atoms with Gasteiger partial charge in [-0.25, -0.2) is 0 Å². The Morgan fingerprint density at radius 1 is 0.944 bits per heavy atom. The van der Waals surface area contributed by atoms with Gasteiger partial charge in [0.05, 0.1) is 0 Å². The molecule has 1 nitrogen and oxygen atoms in total. The van der Waals surface area contributed by atoms with Gasteiger partial charge in [-0.3, -0.25) is 0 Å². The Kier molecular flexibility index (Phi) is 2.89. The summed E-state index contributed by atoms with van der Waals surface area (Å²) in [7, 11) is 0. The van der Waals surface area contributed by atoms with Gasteiger partial charge in [0.2, 0.25) is 0 Å². The largest absolute Gasteiger partial charge is 0.486 e. The molecule has 1 heteroatoms. The van der Waals surface area contributed by atoms with E-state index in [1.54, 1.807) is 0 Å². The van der Waals surface area contributed by atoms with Crippen LogP contribution in [0, 0.1) is 6.92 Å². The second-order valence-corrected chi connectivity index (χ2v) is 4.39. The Hall–Kier alpha value is -2.02. The quantitative estimate of drug-likeness (QED) is 0.761. The van der Waals surface area contributed by atoms with E-state index < -0.39 is 0 Å². The van der Waals surface area contributed by atoms with Gasteiger partial charge in [-0.2, -0.15) is 0 Å². The van der Waals surface area contributed by atoms with E-state index in [0.29, 0.717) is 0 Å². The molecule has 0 aromatic heterocycles. The van der Waals surface area contributed by atoms with Crippen molar-refractivity contribution in [3.63, 3.8) is 0 Å². The van der Waals surface area contributed by atoms with E-state index in [1.807, 2.05) is 24.3 Å². The molecule has 1 aliphatic rings. The van der Waals surface area contributed by atoms with E-state index in [0.717, 1.165) is 17.7 Å². The predicted molar refractivity (Wildman–Crippen MR) is 74.4 cm³/mol. The molecule has 0 saturated heterocycles. The molecule has 1 aliphatic heterocycles. The first-order valence-electron chi connectivity index (χ1n) is 6.21. The number of hydrogen-bond acceptors (Lipinski definition) is 1. The normalized spacial score (nSPS) is 17.6. The molecule has 2 aromatic carbocycles. The van der Waals surface area contributed by atoms with E-state index in [2.05, 4.69) is 43.3 Å². The summed E-state index contributed by atoms with van der Waals surface area (Å²) in [6.07, 6.45) is 2.98. The molecule has 0 N–H and O–H groups in total. The Labute approximate surface area is 108 Å². The van der Waals surface area contributed by atoms with Gasteiger partial charge in [-0.05, 0) is 36.6 Å². The zero-order valence-electron chi connectivity index (χ0n) is 10.2. The highest BCUT2D eigenvalue weighted by atomic mass is 16.5. The average molecular weight is 235 g/mol. The van der Waals surface area contributed by atoms with Crippen LogP contribution in [-0.4, -0.2) is 6.10 Å².